The molecule has 0 amide bonds. The molecule has 2 aliphatic heterocycles. The molecular weight excluding hydrogens is 228 g/mol. The number of carbonyl (C=O) groups is 1. The molecule has 3 heteroatoms. The highest BCUT2D eigenvalue weighted by Crippen LogP contribution is 2.30. The van der Waals surface area contributed by atoms with Crippen LogP contribution in [0.1, 0.15) is 64.7 Å². The highest BCUT2D eigenvalue weighted by Gasteiger charge is 2.36. The first kappa shape index (κ1) is 14.0. The van der Waals surface area contributed by atoms with E-state index in [9.17, 15) is 4.79 Å². The molecule has 3 nitrogen and oxygen atoms in total. The monoisotopic (exact) mass is 254 g/mol. The first-order chi connectivity index (χ1) is 8.81. The summed E-state index contributed by atoms with van der Waals surface area (Å²) in [5.74, 6) is 0.309. The molecule has 0 aliphatic carbocycles. The van der Waals surface area contributed by atoms with Crippen LogP contribution in [-0.4, -0.2) is 30.7 Å². The summed E-state index contributed by atoms with van der Waals surface area (Å²) in [6.45, 7) is 2.88. The van der Waals surface area contributed by atoms with Gasteiger partial charge in [0.05, 0.1) is 18.8 Å². The highest BCUT2D eigenvalue weighted by atomic mass is 16.6. The number of unbranched alkanes of at least 4 members (excludes halogenated alkanes) is 4. The van der Waals surface area contributed by atoms with Crippen molar-refractivity contribution in [3.8, 4) is 0 Å². The molecule has 0 bridgehead atoms. The molecule has 3 unspecified atom stereocenters. The average molecular weight is 254 g/mol. The Kier molecular flexibility index (Phi) is 5.64. The summed E-state index contributed by atoms with van der Waals surface area (Å²) in [7, 11) is 0. The van der Waals surface area contributed by atoms with Crippen molar-refractivity contribution in [1.29, 1.82) is 0 Å². The Morgan fingerprint density at radius 2 is 1.72 bits per heavy atom. The van der Waals surface area contributed by atoms with Crippen LogP contribution in [0.5, 0.6) is 0 Å². The normalized spacial score (nSPS) is 29.3. The predicted octanol–water partition coefficient (Wildman–Crippen LogP) is 3.25. The molecule has 2 aliphatic rings. The number of rotatable bonds is 11. The molecule has 2 fully saturated rings. The third kappa shape index (κ3) is 5.07. The molecule has 104 valence electrons. The van der Waals surface area contributed by atoms with Gasteiger partial charge in [-0.05, 0) is 19.3 Å². The van der Waals surface area contributed by atoms with E-state index in [2.05, 4.69) is 6.92 Å². The Hall–Kier alpha value is -0.410. The second-order valence-electron chi connectivity index (χ2n) is 5.60. The van der Waals surface area contributed by atoms with Crippen LogP contribution in [0.15, 0.2) is 0 Å². The van der Waals surface area contributed by atoms with Crippen LogP contribution in [0.25, 0.3) is 0 Å². The zero-order valence-corrected chi connectivity index (χ0v) is 11.5. The molecule has 0 aromatic carbocycles. The Balaban J connectivity index is 1.33. The second kappa shape index (κ2) is 7.25. The van der Waals surface area contributed by atoms with Crippen molar-refractivity contribution in [2.75, 3.05) is 6.61 Å². The van der Waals surface area contributed by atoms with Gasteiger partial charge in [0, 0.05) is 6.42 Å². The van der Waals surface area contributed by atoms with Crippen LogP contribution in [-0.2, 0) is 14.3 Å². The lowest BCUT2D eigenvalue weighted by Gasteiger charge is -2.00. The summed E-state index contributed by atoms with van der Waals surface area (Å²) in [5.41, 5.74) is 0. The largest absolute Gasteiger partial charge is 0.370 e. The summed E-state index contributed by atoms with van der Waals surface area (Å²) < 4.78 is 10.6. The first-order valence-corrected chi connectivity index (χ1v) is 7.61. The van der Waals surface area contributed by atoms with E-state index < -0.39 is 0 Å². The molecule has 2 rings (SSSR count). The van der Waals surface area contributed by atoms with Crippen molar-refractivity contribution >= 4 is 5.78 Å². The molecule has 0 saturated carbocycles. The number of ether oxygens (including phenoxy) is 2. The van der Waals surface area contributed by atoms with Gasteiger partial charge in [0.1, 0.15) is 6.10 Å². The van der Waals surface area contributed by atoms with Crippen LogP contribution in [0.2, 0.25) is 0 Å². The van der Waals surface area contributed by atoms with Gasteiger partial charge in [-0.2, -0.15) is 0 Å². The van der Waals surface area contributed by atoms with Crippen molar-refractivity contribution in [1.82, 2.24) is 0 Å². The number of carbonyl (C=O) groups excluding carboxylic acids is 1. The maximum absolute atomic E-state index is 11.3. The first-order valence-electron chi connectivity index (χ1n) is 7.61. The zero-order chi connectivity index (χ0) is 12.8. The fourth-order valence-corrected chi connectivity index (χ4v) is 2.54. The Morgan fingerprint density at radius 3 is 2.44 bits per heavy atom. The minimum Gasteiger partial charge on any atom is -0.370 e. The summed E-state index contributed by atoms with van der Waals surface area (Å²) in [6.07, 6.45) is 11.6. The smallest absolute Gasteiger partial charge is 0.163 e. The van der Waals surface area contributed by atoms with Crippen molar-refractivity contribution in [3.05, 3.63) is 0 Å². The standard InChI is InChI=1S/C15H26O3/c1-2-8-13-14(18-13)10-7-5-3-4-6-9-12(16)15-11-17-15/h13-15H,2-11H2,1H3. The van der Waals surface area contributed by atoms with Crippen LogP contribution < -0.4 is 0 Å². The van der Waals surface area contributed by atoms with Crippen molar-refractivity contribution in [2.24, 2.45) is 0 Å². The minimum atomic E-state index is -0.0347. The summed E-state index contributed by atoms with van der Waals surface area (Å²) in [4.78, 5) is 11.3. The van der Waals surface area contributed by atoms with Gasteiger partial charge in [-0.1, -0.05) is 39.0 Å². The van der Waals surface area contributed by atoms with Gasteiger partial charge in [-0.15, -0.1) is 0 Å². The van der Waals surface area contributed by atoms with Gasteiger partial charge in [-0.25, -0.2) is 0 Å². The van der Waals surface area contributed by atoms with Gasteiger partial charge in [0.25, 0.3) is 0 Å². The van der Waals surface area contributed by atoms with E-state index in [1.807, 2.05) is 0 Å². The Bertz CT molecular complexity index is 260. The zero-order valence-electron chi connectivity index (χ0n) is 11.5. The van der Waals surface area contributed by atoms with Gasteiger partial charge in [-0.3, -0.25) is 4.79 Å². The number of hydrogen-bond donors (Lipinski definition) is 0. The fraction of sp³-hybridized carbons (Fsp3) is 0.933. The van der Waals surface area contributed by atoms with Crippen molar-refractivity contribution < 1.29 is 14.3 Å². The van der Waals surface area contributed by atoms with E-state index in [1.54, 1.807) is 0 Å². The summed E-state index contributed by atoms with van der Waals surface area (Å²) in [6, 6.07) is 0. The van der Waals surface area contributed by atoms with Gasteiger partial charge in [0.15, 0.2) is 5.78 Å². The minimum absolute atomic E-state index is 0.0347. The maximum atomic E-state index is 11.3. The van der Waals surface area contributed by atoms with Gasteiger partial charge < -0.3 is 9.47 Å². The molecule has 0 N–H and O–H groups in total. The lowest BCUT2D eigenvalue weighted by atomic mass is 10.0. The molecule has 0 aromatic heterocycles. The molecular formula is C15H26O3. The van der Waals surface area contributed by atoms with E-state index in [-0.39, 0.29) is 6.10 Å². The van der Waals surface area contributed by atoms with Crippen LogP contribution in [0, 0.1) is 0 Å². The second-order valence-corrected chi connectivity index (χ2v) is 5.60. The number of ketones is 1. The third-order valence-electron chi connectivity index (χ3n) is 3.87. The highest BCUT2D eigenvalue weighted by molar-refractivity contribution is 5.84. The number of hydrogen-bond acceptors (Lipinski definition) is 3. The quantitative estimate of drug-likeness (QED) is 0.420. The topological polar surface area (TPSA) is 42.1 Å². The van der Waals surface area contributed by atoms with E-state index in [4.69, 9.17) is 9.47 Å². The lowest BCUT2D eigenvalue weighted by Crippen LogP contribution is -2.05. The van der Waals surface area contributed by atoms with Gasteiger partial charge in [0.2, 0.25) is 0 Å². The van der Waals surface area contributed by atoms with Gasteiger partial charge >= 0.3 is 0 Å². The number of Topliss-reactive ketones (excluding diaryl/α,β-unsaturated/α-hetero) is 1. The average Bonchev–Trinajstić information content (AvgIpc) is 3.23. The summed E-state index contributed by atoms with van der Waals surface area (Å²) in [5, 5.41) is 0. The molecule has 0 spiro atoms. The van der Waals surface area contributed by atoms with Crippen LogP contribution in [0.3, 0.4) is 0 Å². The predicted molar refractivity (Wildman–Crippen MR) is 70.6 cm³/mol. The molecule has 2 saturated heterocycles. The SMILES string of the molecule is CCCC1OC1CCCCCCCC(=O)C1CO1. The van der Waals surface area contributed by atoms with E-state index >= 15 is 0 Å². The molecule has 3 atom stereocenters. The molecule has 18 heavy (non-hydrogen) atoms. The molecule has 2 heterocycles. The van der Waals surface area contributed by atoms with E-state index in [0.29, 0.717) is 24.6 Å². The van der Waals surface area contributed by atoms with Crippen molar-refractivity contribution in [2.45, 2.75) is 83.0 Å². The Morgan fingerprint density at radius 1 is 1.06 bits per heavy atom. The molecule has 0 radical (unpaired) electrons. The fourth-order valence-electron chi connectivity index (χ4n) is 2.54. The number of epoxide rings is 2. The summed E-state index contributed by atoms with van der Waals surface area (Å²) >= 11 is 0. The third-order valence-corrected chi connectivity index (χ3v) is 3.87. The lowest BCUT2D eigenvalue weighted by molar-refractivity contribution is -0.120. The van der Waals surface area contributed by atoms with Crippen LogP contribution >= 0.6 is 0 Å². The van der Waals surface area contributed by atoms with Crippen LogP contribution in [0.4, 0.5) is 0 Å². The Labute approximate surface area is 110 Å². The molecule has 0 aromatic rings. The maximum Gasteiger partial charge on any atom is 0.163 e. The van der Waals surface area contributed by atoms with Crippen molar-refractivity contribution in [3.63, 3.8) is 0 Å². The van der Waals surface area contributed by atoms with E-state index in [1.165, 1.54) is 44.9 Å². The van der Waals surface area contributed by atoms with E-state index in [0.717, 1.165) is 12.8 Å².